The summed E-state index contributed by atoms with van der Waals surface area (Å²) in [6, 6.07) is 1.94. The first kappa shape index (κ1) is 7.55. The number of rotatable bonds is 0. The van der Waals surface area contributed by atoms with Crippen molar-refractivity contribution < 1.29 is 0 Å². The largest absolute Gasteiger partial charge is 0.273 e. The van der Waals surface area contributed by atoms with Crippen LogP contribution in [-0.2, 0) is 7.05 Å². The Hall–Kier alpha value is -1.09. The normalized spacial score (nSPS) is 10.9. The highest BCUT2D eigenvalue weighted by molar-refractivity contribution is 6.30. The van der Waals surface area contributed by atoms with Crippen LogP contribution in [0, 0.1) is 6.92 Å². The topological polar surface area (TPSA) is 30.7 Å². The van der Waals surface area contributed by atoms with E-state index in [-0.39, 0.29) is 0 Å². The third kappa shape index (κ3) is 1.06. The van der Waals surface area contributed by atoms with Crippen molar-refractivity contribution >= 4 is 22.6 Å². The first-order chi connectivity index (χ1) is 5.66. The number of aromatic nitrogens is 3. The monoisotopic (exact) mass is 181 g/mol. The van der Waals surface area contributed by atoms with Crippen LogP contribution >= 0.6 is 11.6 Å². The average Bonchev–Trinajstić information content (AvgIpc) is 2.30. The standard InChI is InChI=1S/C8H8ClN3/c1-5-3-6-7(10-8(5)9)4-12(2)11-6/h3-4H,1-2H3. The molecule has 0 radical (unpaired) electrons. The van der Waals surface area contributed by atoms with Crippen LogP contribution in [-0.4, -0.2) is 14.8 Å². The summed E-state index contributed by atoms with van der Waals surface area (Å²) in [5.41, 5.74) is 2.69. The molecule has 2 aromatic rings. The van der Waals surface area contributed by atoms with Crippen LogP contribution in [0.25, 0.3) is 11.0 Å². The number of pyridine rings is 1. The minimum absolute atomic E-state index is 0.551. The Kier molecular flexibility index (Phi) is 1.54. The van der Waals surface area contributed by atoms with Crippen LogP contribution in [0.2, 0.25) is 5.15 Å². The molecule has 0 saturated heterocycles. The maximum absolute atomic E-state index is 5.85. The first-order valence-electron chi connectivity index (χ1n) is 3.63. The molecule has 0 aliphatic rings. The molecule has 0 amide bonds. The number of nitrogens with zero attached hydrogens (tertiary/aromatic N) is 3. The molecule has 0 N–H and O–H groups in total. The van der Waals surface area contributed by atoms with Gasteiger partial charge in [0.15, 0.2) is 0 Å². The highest BCUT2D eigenvalue weighted by atomic mass is 35.5. The van der Waals surface area contributed by atoms with Gasteiger partial charge in [-0.1, -0.05) is 11.6 Å². The molecule has 0 aliphatic carbocycles. The van der Waals surface area contributed by atoms with Crippen molar-refractivity contribution in [3.63, 3.8) is 0 Å². The Bertz CT molecular complexity index is 394. The summed E-state index contributed by atoms with van der Waals surface area (Å²) in [6.07, 6.45) is 1.85. The van der Waals surface area contributed by atoms with Crippen LogP contribution in [0.15, 0.2) is 12.3 Å². The van der Waals surface area contributed by atoms with Crippen molar-refractivity contribution in [3.8, 4) is 0 Å². The van der Waals surface area contributed by atoms with Gasteiger partial charge in [0.1, 0.15) is 16.2 Å². The zero-order valence-electron chi connectivity index (χ0n) is 6.87. The molecule has 2 rings (SSSR count). The summed E-state index contributed by atoms with van der Waals surface area (Å²) < 4.78 is 1.73. The molecule has 0 bridgehead atoms. The second kappa shape index (κ2) is 2.45. The van der Waals surface area contributed by atoms with E-state index >= 15 is 0 Å². The van der Waals surface area contributed by atoms with E-state index in [1.54, 1.807) is 4.68 Å². The van der Waals surface area contributed by atoms with E-state index in [2.05, 4.69) is 10.1 Å². The van der Waals surface area contributed by atoms with Gasteiger partial charge >= 0.3 is 0 Å². The predicted octanol–water partition coefficient (Wildman–Crippen LogP) is 1.93. The molecule has 2 aromatic heterocycles. The lowest BCUT2D eigenvalue weighted by Crippen LogP contribution is -1.85. The van der Waals surface area contributed by atoms with Crippen LogP contribution in [0.3, 0.4) is 0 Å². The minimum Gasteiger partial charge on any atom is -0.273 e. The summed E-state index contributed by atoms with van der Waals surface area (Å²) in [7, 11) is 1.87. The van der Waals surface area contributed by atoms with Gasteiger partial charge in [0.25, 0.3) is 0 Å². The molecule has 0 aromatic carbocycles. The first-order valence-corrected chi connectivity index (χ1v) is 4.01. The van der Waals surface area contributed by atoms with Crippen LogP contribution in [0.1, 0.15) is 5.56 Å². The molecule has 0 atom stereocenters. The average molecular weight is 182 g/mol. The van der Waals surface area contributed by atoms with Gasteiger partial charge in [-0.25, -0.2) is 4.98 Å². The Balaban J connectivity index is 2.83. The van der Waals surface area contributed by atoms with Crippen LogP contribution in [0.4, 0.5) is 0 Å². The lowest BCUT2D eigenvalue weighted by atomic mass is 10.3. The molecule has 2 heterocycles. The highest BCUT2D eigenvalue weighted by Crippen LogP contribution is 2.17. The van der Waals surface area contributed by atoms with Gasteiger partial charge in [0.2, 0.25) is 0 Å². The van der Waals surface area contributed by atoms with E-state index in [9.17, 15) is 0 Å². The summed E-state index contributed by atoms with van der Waals surface area (Å²) in [4.78, 5) is 4.18. The number of hydrogen-bond acceptors (Lipinski definition) is 2. The van der Waals surface area contributed by atoms with Crippen molar-refractivity contribution in [1.29, 1.82) is 0 Å². The summed E-state index contributed by atoms with van der Waals surface area (Å²) in [5.74, 6) is 0. The molecule has 0 unspecified atom stereocenters. The zero-order valence-corrected chi connectivity index (χ0v) is 7.63. The molecule has 3 nitrogen and oxygen atoms in total. The third-order valence-electron chi connectivity index (χ3n) is 1.73. The van der Waals surface area contributed by atoms with Gasteiger partial charge in [0.05, 0.1) is 6.20 Å². The van der Waals surface area contributed by atoms with Crippen molar-refractivity contribution in [3.05, 3.63) is 23.0 Å². The zero-order chi connectivity index (χ0) is 8.72. The maximum atomic E-state index is 5.85. The van der Waals surface area contributed by atoms with Gasteiger partial charge < -0.3 is 0 Å². The molecule has 0 saturated carbocycles. The SMILES string of the molecule is Cc1cc2nn(C)cc2nc1Cl. The second-order valence-corrected chi connectivity index (χ2v) is 3.16. The smallest absolute Gasteiger partial charge is 0.132 e. The molecule has 62 valence electrons. The van der Waals surface area contributed by atoms with Gasteiger partial charge in [-0.15, -0.1) is 0 Å². The summed E-state index contributed by atoms with van der Waals surface area (Å²) in [6.45, 7) is 1.92. The Morgan fingerprint density at radius 2 is 2.17 bits per heavy atom. The highest BCUT2D eigenvalue weighted by Gasteiger charge is 2.03. The number of halogens is 1. The summed E-state index contributed by atoms with van der Waals surface area (Å²) in [5, 5.41) is 4.76. The Morgan fingerprint density at radius 1 is 1.42 bits per heavy atom. The maximum Gasteiger partial charge on any atom is 0.132 e. The fourth-order valence-electron chi connectivity index (χ4n) is 1.14. The molecule has 0 spiro atoms. The van der Waals surface area contributed by atoms with E-state index in [0.717, 1.165) is 16.6 Å². The lowest BCUT2D eigenvalue weighted by Gasteiger charge is -1.93. The molecule has 4 heteroatoms. The quantitative estimate of drug-likeness (QED) is 0.582. The Morgan fingerprint density at radius 3 is 2.92 bits per heavy atom. The molecular formula is C8H8ClN3. The number of fused-ring (bicyclic) bond motifs is 1. The lowest BCUT2D eigenvalue weighted by molar-refractivity contribution is 0.779. The van der Waals surface area contributed by atoms with E-state index in [4.69, 9.17) is 11.6 Å². The fourth-order valence-corrected chi connectivity index (χ4v) is 1.29. The predicted molar refractivity (Wildman–Crippen MR) is 48.3 cm³/mol. The molecular weight excluding hydrogens is 174 g/mol. The van der Waals surface area contributed by atoms with Crippen molar-refractivity contribution in [2.24, 2.45) is 7.05 Å². The minimum atomic E-state index is 0.551. The van der Waals surface area contributed by atoms with Crippen molar-refractivity contribution in [2.75, 3.05) is 0 Å². The number of hydrogen-bond donors (Lipinski definition) is 0. The van der Waals surface area contributed by atoms with Crippen molar-refractivity contribution in [2.45, 2.75) is 6.92 Å². The van der Waals surface area contributed by atoms with Gasteiger partial charge in [-0.05, 0) is 18.6 Å². The van der Waals surface area contributed by atoms with Crippen LogP contribution in [0.5, 0.6) is 0 Å². The number of aryl methyl sites for hydroxylation is 2. The van der Waals surface area contributed by atoms with Crippen molar-refractivity contribution in [1.82, 2.24) is 14.8 Å². The van der Waals surface area contributed by atoms with E-state index in [1.165, 1.54) is 0 Å². The third-order valence-corrected chi connectivity index (χ3v) is 2.12. The van der Waals surface area contributed by atoms with Gasteiger partial charge in [-0.2, -0.15) is 5.10 Å². The molecule has 12 heavy (non-hydrogen) atoms. The fraction of sp³-hybridized carbons (Fsp3) is 0.250. The second-order valence-electron chi connectivity index (χ2n) is 2.80. The summed E-state index contributed by atoms with van der Waals surface area (Å²) >= 11 is 5.85. The van der Waals surface area contributed by atoms with Gasteiger partial charge in [0, 0.05) is 7.05 Å². The Labute approximate surface area is 75.0 Å². The van der Waals surface area contributed by atoms with E-state index in [0.29, 0.717) is 5.15 Å². The van der Waals surface area contributed by atoms with E-state index in [1.807, 2.05) is 26.2 Å². The molecule has 0 aliphatic heterocycles. The van der Waals surface area contributed by atoms with Gasteiger partial charge in [-0.3, -0.25) is 4.68 Å². The molecule has 0 fully saturated rings. The van der Waals surface area contributed by atoms with E-state index < -0.39 is 0 Å². The van der Waals surface area contributed by atoms with Crippen LogP contribution < -0.4 is 0 Å².